The molecular weight excluding hydrogens is 400 g/mol. The molecule has 1 amide bonds. The molecule has 0 unspecified atom stereocenters. The Bertz CT molecular complexity index is 1100. The minimum Gasteiger partial charge on any atom is -0.494 e. The van der Waals surface area contributed by atoms with Gasteiger partial charge in [0, 0.05) is 12.2 Å². The number of benzene rings is 1. The Morgan fingerprint density at radius 3 is 2.80 bits per heavy atom. The molecule has 0 saturated heterocycles. The first-order valence-electron chi connectivity index (χ1n) is 10.1. The molecule has 0 radical (unpaired) electrons. The number of nitrogens with zero attached hydrogens (tertiary/aromatic N) is 4. The number of thiazole rings is 1. The van der Waals surface area contributed by atoms with Crippen molar-refractivity contribution in [1.29, 1.82) is 0 Å². The molecular formula is C22H26N4O3S. The summed E-state index contributed by atoms with van der Waals surface area (Å²) in [6, 6.07) is 8.21. The average Bonchev–Trinajstić information content (AvgIpc) is 3.30. The average molecular weight is 427 g/mol. The molecule has 3 heterocycles. The zero-order valence-corrected chi connectivity index (χ0v) is 18.5. The lowest BCUT2D eigenvalue weighted by Gasteiger charge is -2.23. The van der Waals surface area contributed by atoms with Crippen LogP contribution >= 0.6 is 11.3 Å². The Kier molecular flexibility index (Phi) is 5.76. The molecule has 0 atom stereocenters. The number of ether oxygens (including phenoxy) is 2. The molecule has 1 aliphatic rings. The number of amides is 1. The number of carbonyl (C=O) groups excluding carboxylic acids is 1. The summed E-state index contributed by atoms with van der Waals surface area (Å²) in [6.45, 7) is 10.1. The van der Waals surface area contributed by atoms with E-state index in [1.165, 1.54) is 23.2 Å². The highest BCUT2D eigenvalue weighted by atomic mass is 32.1. The molecule has 3 aromatic rings. The summed E-state index contributed by atoms with van der Waals surface area (Å²) in [5.41, 5.74) is 4.14. The first-order valence-corrected chi connectivity index (χ1v) is 10.9. The topological polar surface area (TPSA) is 69.5 Å². The second kappa shape index (κ2) is 8.47. The van der Waals surface area contributed by atoms with E-state index in [0.29, 0.717) is 37.4 Å². The van der Waals surface area contributed by atoms with Gasteiger partial charge in [0.1, 0.15) is 19.5 Å². The van der Waals surface area contributed by atoms with Gasteiger partial charge in [-0.3, -0.25) is 14.4 Å². The van der Waals surface area contributed by atoms with Crippen molar-refractivity contribution in [2.75, 3.05) is 24.7 Å². The Morgan fingerprint density at radius 1 is 1.30 bits per heavy atom. The molecule has 2 aromatic heterocycles. The molecule has 0 saturated carbocycles. The van der Waals surface area contributed by atoms with Gasteiger partial charge in [0.2, 0.25) is 5.76 Å². The second-order valence-electron chi connectivity index (χ2n) is 7.65. The summed E-state index contributed by atoms with van der Waals surface area (Å²) in [4.78, 5) is 19.8. The summed E-state index contributed by atoms with van der Waals surface area (Å²) in [6.07, 6.45) is 1.40. The lowest BCUT2D eigenvalue weighted by Crippen LogP contribution is -2.36. The number of rotatable bonds is 6. The van der Waals surface area contributed by atoms with E-state index in [9.17, 15) is 4.79 Å². The second-order valence-corrected chi connectivity index (χ2v) is 8.66. The number of aryl methyl sites for hydroxylation is 2. The summed E-state index contributed by atoms with van der Waals surface area (Å²) < 4.78 is 13.8. The lowest BCUT2D eigenvalue weighted by molar-refractivity contribution is -0.119. The standard InChI is InChI=1S/C22H26N4O3S/c1-14(2)17-6-5-7-19-20(17)23-22(30-19)25(21(27)18-13-28-10-11-29-18)8-9-26-16(4)12-15(3)24-26/h5-7,12-14H,8-11H2,1-4H3. The van der Waals surface area contributed by atoms with Crippen LogP contribution in [0.25, 0.3) is 10.2 Å². The Hall–Kier alpha value is -2.87. The zero-order valence-electron chi connectivity index (χ0n) is 17.7. The fourth-order valence-electron chi connectivity index (χ4n) is 3.53. The van der Waals surface area contributed by atoms with Gasteiger partial charge in [0.25, 0.3) is 5.91 Å². The van der Waals surface area contributed by atoms with Crippen LogP contribution in [0.3, 0.4) is 0 Å². The van der Waals surface area contributed by atoms with Gasteiger partial charge in [-0.15, -0.1) is 0 Å². The number of aromatic nitrogens is 3. The van der Waals surface area contributed by atoms with Crippen LogP contribution in [-0.4, -0.2) is 40.4 Å². The van der Waals surface area contributed by atoms with Crippen molar-refractivity contribution < 1.29 is 14.3 Å². The van der Waals surface area contributed by atoms with Gasteiger partial charge >= 0.3 is 0 Å². The molecule has 0 fully saturated rings. The number of carbonyl (C=O) groups is 1. The predicted octanol–water partition coefficient (Wildman–Crippen LogP) is 4.15. The van der Waals surface area contributed by atoms with Crippen LogP contribution in [-0.2, 0) is 20.8 Å². The predicted molar refractivity (Wildman–Crippen MR) is 118 cm³/mol. The van der Waals surface area contributed by atoms with Gasteiger partial charge < -0.3 is 9.47 Å². The smallest absolute Gasteiger partial charge is 0.298 e. The van der Waals surface area contributed by atoms with Gasteiger partial charge in [-0.25, -0.2) is 4.98 Å². The van der Waals surface area contributed by atoms with Crippen LogP contribution in [0.1, 0.15) is 36.7 Å². The van der Waals surface area contributed by atoms with E-state index in [0.717, 1.165) is 21.6 Å². The summed E-state index contributed by atoms with van der Waals surface area (Å²) in [7, 11) is 0. The zero-order chi connectivity index (χ0) is 21.3. The lowest BCUT2D eigenvalue weighted by atomic mass is 10.0. The maximum absolute atomic E-state index is 13.3. The molecule has 8 heteroatoms. The van der Waals surface area contributed by atoms with Gasteiger partial charge in [0.05, 0.1) is 22.5 Å². The minimum absolute atomic E-state index is 0.206. The van der Waals surface area contributed by atoms with Crippen LogP contribution < -0.4 is 4.90 Å². The van der Waals surface area contributed by atoms with E-state index in [4.69, 9.17) is 14.5 Å². The van der Waals surface area contributed by atoms with Crippen molar-refractivity contribution in [3.05, 3.63) is 53.2 Å². The van der Waals surface area contributed by atoms with Gasteiger partial charge in [0.15, 0.2) is 5.13 Å². The van der Waals surface area contributed by atoms with Crippen molar-refractivity contribution in [2.45, 2.75) is 40.2 Å². The quantitative estimate of drug-likeness (QED) is 0.592. The molecule has 0 N–H and O–H groups in total. The number of para-hydroxylation sites is 1. The molecule has 0 aliphatic carbocycles. The van der Waals surface area contributed by atoms with Crippen LogP contribution in [0.15, 0.2) is 36.3 Å². The number of fused-ring (bicyclic) bond motifs is 1. The summed E-state index contributed by atoms with van der Waals surface area (Å²) in [5.74, 6) is 0.305. The van der Waals surface area contributed by atoms with E-state index >= 15 is 0 Å². The van der Waals surface area contributed by atoms with Crippen molar-refractivity contribution in [1.82, 2.24) is 14.8 Å². The minimum atomic E-state index is -0.249. The fraction of sp³-hybridized carbons (Fsp3) is 0.409. The highest BCUT2D eigenvalue weighted by Gasteiger charge is 2.27. The Morgan fingerprint density at radius 2 is 2.13 bits per heavy atom. The van der Waals surface area contributed by atoms with E-state index in [-0.39, 0.29) is 11.7 Å². The van der Waals surface area contributed by atoms with Crippen LogP contribution in [0, 0.1) is 13.8 Å². The normalized spacial score (nSPS) is 13.8. The van der Waals surface area contributed by atoms with E-state index < -0.39 is 0 Å². The highest BCUT2D eigenvalue weighted by Crippen LogP contribution is 2.34. The molecule has 158 valence electrons. The number of anilines is 1. The summed E-state index contributed by atoms with van der Waals surface area (Å²) in [5, 5.41) is 5.17. The highest BCUT2D eigenvalue weighted by molar-refractivity contribution is 7.22. The first-order chi connectivity index (χ1) is 14.4. The maximum Gasteiger partial charge on any atom is 0.298 e. The molecule has 1 aromatic carbocycles. The number of hydrogen-bond donors (Lipinski definition) is 0. The van der Waals surface area contributed by atoms with Crippen LogP contribution in [0.5, 0.6) is 0 Å². The Labute approximate surface area is 179 Å². The first kappa shape index (κ1) is 20.4. The van der Waals surface area contributed by atoms with Gasteiger partial charge in [-0.1, -0.05) is 37.3 Å². The molecule has 0 spiro atoms. The fourth-order valence-corrected chi connectivity index (χ4v) is 4.56. The maximum atomic E-state index is 13.3. The Balaban J connectivity index is 1.70. The third-order valence-electron chi connectivity index (χ3n) is 5.04. The van der Waals surface area contributed by atoms with Crippen molar-refractivity contribution >= 4 is 32.6 Å². The van der Waals surface area contributed by atoms with Gasteiger partial charge in [-0.2, -0.15) is 5.10 Å². The molecule has 7 nitrogen and oxygen atoms in total. The molecule has 4 rings (SSSR count). The third-order valence-corrected chi connectivity index (χ3v) is 6.08. The van der Waals surface area contributed by atoms with Crippen LogP contribution in [0.4, 0.5) is 5.13 Å². The number of hydrogen-bond acceptors (Lipinski definition) is 6. The SMILES string of the molecule is Cc1cc(C)n(CCN(C(=O)C2=COCCO2)c2nc3c(C(C)C)cccc3s2)n1. The largest absolute Gasteiger partial charge is 0.494 e. The van der Waals surface area contributed by atoms with Crippen molar-refractivity contribution in [2.24, 2.45) is 0 Å². The molecule has 1 aliphatic heterocycles. The van der Waals surface area contributed by atoms with E-state index in [1.807, 2.05) is 36.7 Å². The van der Waals surface area contributed by atoms with Crippen molar-refractivity contribution in [3.63, 3.8) is 0 Å². The van der Waals surface area contributed by atoms with E-state index in [1.54, 1.807) is 4.90 Å². The summed E-state index contributed by atoms with van der Waals surface area (Å²) >= 11 is 1.51. The van der Waals surface area contributed by atoms with E-state index in [2.05, 4.69) is 25.0 Å². The van der Waals surface area contributed by atoms with Crippen LogP contribution in [0.2, 0.25) is 0 Å². The molecule has 30 heavy (non-hydrogen) atoms. The molecule has 0 bridgehead atoms. The van der Waals surface area contributed by atoms with Crippen molar-refractivity contribution in [3.8, 4) is 0 Å². The monoisotopic (exact) mass is 426 g/mol. The van der Waals surface area contributed by atoms with Gasteiger partial charge in [-0.05, 0) is 37.5 Å². The third kappa shape index (κ3) is 4.05.